The summed E-state index contributed by atoms with van der Waals surface area (Å²) in [6, 6.07) is 21.5. The molecule has 1 N–H and O–H groups in total. The molecule has 0 spiro atoms. The van der Waals surface area contributed by atoms with Gasteiger partial charge in [0.05, 0.1) is 6.42 Å². The zero-order valence-corrected chi connectivity index (χ0v) is 12.0. The lowest BCUT2D eigenvalue weighted by Crippen LogP contribution is -2.04. The SMILES string of the molecule is O=C(O)Cc1ccc2ccccc2c1OCc1ccccc1. The number of hydrogen-bond acceptors (Lipinski definition) is 2. The highest BCUT2D eigenvalue weighted by atomic mass is 16.5. The number of carbonyl (C=O) groups is 1. The molecule has 0 unspecified atom stereocenters. The third-order valence-electron chi connectivity index (χ3n) is 3.53. The molecule has 0 aliphatic rings. The van der Waals surface area contributed by atoms with Crippen molar-refractivity contribution in [2.45, 2.75) is 13.0 Å². The third-order valence-corrected chi connectivity index (χ3v) is 3.53. The van der Waals surface area contributed by atoms with E-state index in [1.165, 1.54) is 0 Å². The molecule has 0 amide bonds. The van der Waals surface area contributed by atoms with E-state index in [4.69, 9.17) is 9.84 Å². The summed E-state index contributed by atoms with van der Waals surface area (Å²) in [6.07, 6.45) is -0.0467. The summed E-state index contributed by atoms with van der Waals surface area (Å²) in [7, 11) is 0. The van der Waals surface area contributed by atoms with Gasteiger partial charge >= 0.3 is 5.97 Å². The van der Waals surface area contributed by atoms with Gasteiger partial charge in [-0.3, -0.25) is 4.79 Å². The van der Waals surface area contributed by atoms with Crippen molar-refractivity contribution in [1.82, 2.24) is 0 Å². The molecule has 3 nitrogen and oxygen atoms in total. The van der Waals surface area contributed by atoms with E-state index >= 15 is 0 Å². The normalized spacial score (nSPS) is 10.5. The summed E-state index contributed by atoms with van der Waals surface area (Å²) in [5.74, 6) is -0.204. The van der Waals surface area contributed by atoms with Gasteiger partial charge in [0.2, 0.25) is 0 Å². The lowest BCUT2D eigenvalue weighted by molar-refractivity contribution is -0.136. The summed E-state index contributed by atoms with van der Waals surface area (Å²) < 4.78 is 5.97. The van der Waals surface area contributed by atoms with Crippen molar-refractivity contribution in [1.29, 1.82) is 0 Å². The van der Waals surface area contributed by atoms with Gasteiger partial charge < -0.3 is 9.84 Å². The van der Waals surface area contributed by atoms with Crippen molar-refractivity contribution in [3.8, 4) is 5.75 Å². The molecule has 0 aliphatic carbocycles. The summed E-state index contributed by atoms with van der Waals surface area (Å²) >= 11 is 0. The van der Waals surface area contributed by atoms with E-state index in [1.54, 1.807) is 0 Å². The topological polar surface area (TPSA) is 46.5 Å². The smallest absolute Gasteiger partial charge is 0.307 e. The molecule has 0 aliphatic heterocycles. The first-order valence-corrected chi connectivity index (χ1v) is 7.13. The first kappa shape index (κ1) is 14.1. The molecular weight excluding hydrogens is 276 g/mol. The fourth-order valence-electron chi connectivity index (χ4n) is 2.49. The van der Waals surface area contributed by atoms with E-state index in [9.17, 15) is 4.79 Å². The van der Waals surface area contributed by atoms with Crippen LogP contribution in [0.1, 0.15) is 11.1 Å². The molecule has 3 rings (SSSR count). The molecular formula is C19H16O3. The van der Waals surface area contributed by atoms with Crippen molar-refractivity contribution < 1.29 is 14.6 Å². The van der Waals surface area contributed by atoms with Crippen LogP contribution in [0.15, 0.2) is 66.7 Å². The molecule has 3 aromatic rings. The monoisotopic (exact) mass is 292 g/mol. The quantitative estimate of drug-likeness (QED) is 0.771. The Labute approximate surface area is 128 Å². The summed E-state index contributed by atoms with van der Waals surface area (Å²) in [5, 5.41) is 11.1. The van der Waals surface area contributed by atoms with E-state index in [1.807, 2.05) is 66.7 Å². The van der Waals surface area contributed by atoms with Gasteiger partial charge in [-0.1, -0.05) is 66.7 Å². The van der Waals surface area contributed by atoms with Gasteiger partial charge in [0.1, 0.15) is 12.4 Å². The number of carboxylic acids is 1. The van der Waals surface area contributed by atoms with Crippen LogP contribution in [0.3, 0.4) is 0 Å². The minimum Gasteiger partial charge on any atom is -0.488 e. The van der Waals surface area contributed by atoms with E-state index in [0.29, 0.717) is 17.9 Å². The Morgan fingerprint density at radius 1 is 0.909 bits per heavy atom. The van der Waals surface area contributed by atoms with Crippen molar-refractivity contribution in [3.05, 3.63) is 77.9 Å². The lowest BCUT2D eigenvalue weighted by atomic mass is 10.0. The third kappa shape index (κ3) is 3.09. The average Bonchev–Trinajstić information content (AvgIpc) is 2.54. The lowest BCUT2D eigenvalue weighted by Gasteiger charge is -2.14. The Hall–Kier alpha value is -2.81. The molecule has 0 saturated heterocycles. The van der Waals surface area contributed by atoms with E-state index in [2.05, 4.69) is 0 Å². The van der Waals surface area contributed by atoms with Gasteiger partial charge in [0, 0.05) is 10.9 Å². The molecule has 0 saturated carbocycles. The molecule has 3 aromatic carbocycles. The van der Waals surface area contributed by atoms with Gasteiger partial charge in [0.25, 0.3) is 0 Å². The average molecular weight is 292 g/mol. The van der Waals surface area contributed by atoms with Crippen LogP contribution in [-0.4, -0.2) is 11.1 Å². The number of carboxylic acid groups (broad SMARTS) is 1. The summed E-state index contributed by atoms with van der Waals surface area (Å²) in [4.78, 5) is 11.1. The van der Waals surface area contributed by atoms with E-state index in [-0.39, 0.29) is 6.42 Å². The van der Waals surface area contributed by atoms with Crippen molar-refractivity contribution in [2.75, 3.05) is 0 Å². The zero-order chi connectivity index (χ0) is 15.4. The molecule has 22 heavy (non-hydrogen) atoms. The van der Waals surface area contributed by atoms with Crippen LogP contribution in [0.5, 0.6) is 5.75 Å². The van der Waals surface area contributed by atoms with Crippen LogP contribution in [0.4, 0.5) is 0 Å². The second-order valence-electron chi connectivity index (χ2n) is 5.12. The minimum absolute atomic E-state index is 0.0467. The van der Waals surface area contributed by atoms with Gasteiger partial charge in [-0.05, 0) is 10.9 Å². The maximum atomic E-state index is 11.1. The Balaban J connectivity index is 1.98. The Morgan fingerprint density at radius 2 is 1.64 bits per heavy atom. The zero-order valence-electron chi connectivity index (χ0n) is 12.0. The van der Waals surface area contributed by atoms with Crippen LogP contribution in [0, 0.1) is 0 Å². The highest BCUT2D eigenvalue weighted by molar-refractivity contribution is 5.90. The minimum atomic E-state index is -0.861. The van der Waals surface area contributed by atoms with Crippen molar-refractivity contribution in [2.24, 2.45) is 0 Å². The fraction of sp³-hybridized carbons (Fsp3) is 0.105. The van der Waals surface area contributed by atoms with Crippen LogP contribution in [0.25, 0.3) is 10.8 Å². The van der Waals surface area contributed by atoms with Crippen LogP contribution < -0.4 is 4.74 Å². The largest absolute Gasteiger partial charge is 0.488 e. The summed E-state index contributed by atoms with van der Waals surface area (Å²) in [6.45, 7) is 0.418. The maximum Gasteiger partial charge on any atom is 0.307 e. The predicted octanol–water partition coefficient (Wildman–Crippen LogP) is 4.05. The first-order valence-electron chi connectivity index (χ1n) is 7.13. The molecule has 0 heterocycles. The van der Waals surface area contributed by atoms with Crippen LogP contribution in [0.2, 0.25) is 0 Å². The van der Waals surface area contributed by atoms with Crippen LogP contribution in [-0.2, 0) is 17.8 Å². The predicted molar refractivity (Wildman–Crippen MR) is 86.1 cm³/mol. The molecule has 0 radical (unpaired) electrons. The summed E-state index contributed by atoms with van der Waals surface area (Å²) in [5.41, 5.74) is 1.75. The van der Waals surface area contributed by atoms with Gasteiger partial charge in [-0.2, -0.15) is 0 Å². The first-order chi connectivity index (χ1) is 10.7. The second kappa shape index (κ2) is 6.31. The van der Waals surface area contributed by atoms with Crippen molar-refractivity contribution >= 4 is 16.7 Å². The molecule has 110 valence electrons. The Morgan fingerprint density at radius 3 is 2.41 bits per heavy atom. The van der Waals surface area contributed by atoms with Crippen molar-refractivity contribution in [3.63, 3.8) is 0 Å². The van der Waals surface area contributed by atoms with Gasteiger partial charge in [-0.25, -0.2) is 0 Å². The molecule has 0 fully saturated rings. The molecule has 0 atom stereocenters. The Kier molecular flexibility index (Phi) is 4.05. The second-order valence-corrected chi connectivity index (χ2v) is 5.12. The number of aliphatic carboxylic acids is 1. The molecule has 3 heteroatoms. The number of hydrogen-bond donors (Lipinski definition) is 1. The molecule has 0 bridgehead atoms. The highest BCUT2D eigenvalue weighted by Crippen LogP contribution is 2.31. The fourth-order valence-corrected chi connectivity index (χ4v) is 2.49. The van der Waals surface area contributed by atoms with E-state index < -0.39 is 5.97 Å². The number of rotatable bonds is 5. The number of ether oxygens (including phenoxy) is 1. The number of benzene rings is 3. The molecule has 0 aromatic heterocycles. The standard InChI is InChI=1S/C19H16O3/c20-18(21)12-16-11-10-15-8-4-5-9-17(15)19(16)22-13-14-6-2-1-3-7-14/h1-11H,12-13H2,(H,20,21). The Bertz CT molecular complexity index is 794. The van der Waals surface area contributed by atoms with Crippen LogP contribution >= 0.6 is 0 Å². The number of fused-ring (bicyclic) bond motifs is 1. The van der Waals surface area contributed by atoms with E-state index in [0.717, 1.165) is 16.3 Å². The van der Waals surface area contributed by atoms with Gasteiger partial charge in [0.15, 0.2) is 0 Å². The highest BCUT2D eigenvalue weighted by Gasteiger charge is 2.12. The maximum absolute atomic E-state index is 11.1. The van der Waals surface area contributed by atoms with Gasteiger partial charge in [-0.15, -0.1) is 0 Å².